The molecular weight excluding hydrogens is 146 g/mol. The first-order valence-electron chi connectivity index (χ1n) is 5.37. The van der Waals surface area contributed by atoms with E-state index < -0.39 is 0 Å². The second-order valence-corrected chi connectivity index (χ2v) is 3.87. The summed E-state index contributed by atoms with van der Waals surface area (Å²) in [5.41, 5.74) is 1.49. The molecule has 70 valence electrons. The number of unbranched alkanes of at least 4 members (excludes halogenated alkanes) is 1. The molecule has 0 spiro atoms. The molecule has 0 saturated carbocycles. The van der Waals surface area contributed by atoms with Gasteiger partial charge in [-0.15, -0.1) is 0 Å². The van der Waals surface area contributed by atoms with Crippen molar-refractivity contribution < 1.29 is 0 Å². The molecule has 1 aliphatic rings. The molecule has 0 fully saturated rings. The largest absolute Gasteiger partial charge is 0.294 e. The third kappa shape index (κ3) is 2.96. The van der Waals surface area contributed by atoms with E-state index in [1.54, 1.807) is 0 Å². The summed E-state index contributed by atoms with van der Waals surface area (Å²) in [5.74, 6) is 0.763. The van der Waals surface area contributed by atoms with Crippen LogP contribution in [-0.4, -0.2) is 12.3 Å². The molecule has 0 radical (unpaired) electrons. The number of aliphatic imine (C=N–C) groups is 1. The average Bonchev–Trinajstić information content (AvgIpc) is 2.27. The molecule has 12 heavy (non-hydrogen) atoms. The van der Waals surface area contributed by atoms with Crippen LogP contribution in [0, 0.1) is 5.92 Å². The second kappa shape index (κ2) is 5.34. The van der Waals surface area contributed by atoms with Crippen LogP contribution in [0.5, 0.6) is 0 Å². The lowest BCUT2D eigenvalue weighted by Crippen LogP contribution is -2.09. The summed E-state index contributed by atoms with van der Waals surface area (Å²) >= 11 is 0. The van der Waals surface area contributed by atoms with Gasteiger partial charge in [0, 0.05) is 12.3 Å². The lowest BCUT2D eigenvalue weighted by atomic mass is 9.96. The van der Waals surface area contributed by atoms with Crippen LogP contribution in [0.1, 0.15) is 52.4 Å². The Kier molecular flexibility index (Phi) is 4.34. The predicted molar refractivity (Wildman–Crippen MR) is 54.8 cm³/mol. The Morgan fingerprint density at radius 3 is 3.00 bits per heavy atom. The highest BCUT2D eigenvalue weighted by molar-refractivity contribution is 5.86. The Hall–Kier alpha value is -0.330. The van der Waals surface area contributed by atoms with Gasteiger partial charge >= 0.3 is 0 Å². The van der Waals surface area contributed by atoms with Crippen LogP contribution in [0.15, 0.2) is 4.99 Å². The van der Waals surface area contributed by atoms with Crippen molar-refractivity contribution in [2.45, 2.75) is 52.4 Å². The molecule has 1 heterocycles. The van der Waals surface area contributed by atoms with Crippen molar-refractivity contribution in [1.29, 1.82) is 0 Å². The fourth-order valence-electron chi connectivity index (χ4n) is 1.79. The highest BCUT2D eigenvalue weighted by Gasteiger charge is 2.12. The van der Waals surface area contributed by atoms with E-state index >= 15 is 0 Å². The maximum atomic E-state index is 4.66. The van der Waals surface area contributed by atoms with Crippen LogP contribution in [0.4, 0.5) is 0 Å². The van der Waals surface area contributed by atoms with E-state index in [4.69, 9.17) is 0 Å². The van der Waals surface area contributed by atoms with Crippen molar-refractivity contribution in [3.63, 3.8) is 0 Å². The van der Waals surface area contributed by atoms with Crippen LogP contribution < -0.4 is 0 Å². The molecule has 0 aromatic rings. The number of nitrogens with zero attached hydrogens (tertiary/aromatic N) is 1. The molecule has 0 saturated heterocycles. The lowest BCUT2D eigenvalue weighted by molar-refractivity contribution is 0.625. The zero-order valence-electron chi connectivity index (χ0n) is 8.47. The summed E-state index contributed by atoms with van der Waals surface area (Å²) in [6.07, 6.45) is 7.91. The van der Waals surface area contributed by atoms with Gasteiger partial charge in [0.05, 0.1) is 0 Å². The van der Waals surface area contributed by atoms with Crippen molar-refractivity contribution in [2.75, 3.05) is 6.54 Å². The lowest BCUT2D eigenvalue weighted by Gasteiger charge is -2.11. The van der Waals surface area contributed by atoms with Gasteiger partial charge in [0.15, 0.2) is 0 Å². The van der Waals surface area contributed by atoms with Crippen LogP contribution in [0.25, 0.3) is 0 Å². The normalized spacial score (nSPS) is 24.8. The summed E-state index contributed by atoms with van der Waals surface area (Å²) in [4.78, 5) is 4.66. The standard InChI is InChI=1S/C11H21N/c1-3-4-8-11-10(2)7-5-6-9-12-11/h10H,3-9H2,1-2H3. The van der Waals surface area contributed by atoms with Gasteiger partial charge < -0.3 is 0 Å². The van der Waals surface area contributed by atoms with Gasteiger partial charge in [0.2, 0.25) is 0 Å². The zero-order valence-corrected chi connectivity index (χ0v) is 8.47. The molecule has 0 N–H and O–H groups in total. The molecule has 0 bridgehead atoms. The van der Waals surface area contributed by atoms with E-state index in [2.05, 4.69) is 18.8 Å². The zero-order chi connectivity index (χ0) is 8.81. The van der Waals surface area contributed by atoms with E-state index in [1.807, 2.05) is 0 Å². The second-order valence-electron chi connectivity index (χ2n) is 3.87. The third-order valence-corrected chi connectivity index (χ3v) is 2.72. The van der Waals surface area contributed by atoms with E-state index in [1.165, 1.54) is 44.2 Å². The van der Waals surface area contributed by atoms with Crippen LogP contribution in [-0.2, 0) is 0 Å². The first-order chi connectivity index (χ1) is 5.84. The quantitative estimate of drug-likeness (QED) is 0.610. The van der Waals surface area contributed by atoms with E-state index in [0.717, 1.165) is 12.5 Å². The van der Waals surface area contributed by atoms with Crippen LogP contribution in [0.3, 0.4) is 0 Å². The fraction of sp³-hybridized carbons (Fsp3) is 0.909. The van der Waals surface area contributed by atoms with Gasteiger partial charge in [-0.2, -0.15) is 0 Å². The summed E-state index contributed by atoms with van der Waals surface area (Å²) in [6, 6.07) is 0. The summed E-state index contributed by atoms with van der Waals surface area (Å²) in [5, 5.41) is 0. The van der Waals surface area contributed by atoms with Crippen LogP contribution >= 0.6 is 0 Å². The third-order valence-electron chi connectivity index (χ3n) is 2.72. The van der Waals surface area contributed by atoms with Crippen molar-refractivity contribution in [2.24, 2.45) is 10.9 Å². The average molecular weight is 167 g/mol. The van der Waals surface area contributed by atoms with Crippen molar-refractivity contribution in [3.8, 4) is 0 Å². The van der Waals surface area contributed by atoms with Gasteiger partial charge in [-0.25, -0.2) is 0 Å². The van der Waals surface area contributed by atoms with E-state index in [-0.39, 0.29) is 0 Å². The van der Waals surface area contributed by atoms with Gasteiger partial charge in [-0.05, 0) is 31.6 Å². The highest BCUT2D eigenvalue weighted by Crippen LogP contribution is 2.17. The van der Waals surface area contributed by atoms with Gasteiger partial charge in [0.1, 0.15) is 0 Å². The fourth-order valence-corrected chi connectivity index (χ4v) is 1.79. The minimum Gasteiger partial charge on any atom is -0.294 e. The minimum atomic E-state index is 0.763. The van der Waals surface area contributed by atoms with Crippen LogP contribution in [0.2, 0.25) is 0 Å². The highest BCUT2D eigenvalue weighted by atomic mass is 14.7. The molecular formula is C11H21N. The maximum Gasteiger partial charge on any atom is 0.0388 e. The molecule has 1 atom stereocenters. The Morgan fingerprint density at radius 1 is 1.42 bits per heavy atom. The first-order valence-corrected chi connectivity index (χ1v) is 5.37. The van der Waals surface area contributed by atoms with Crippen molar-refractivity contribution in [1.82, 2.24) is 0 Å². The Labute approximate surface area is 76.3 Å². The molecule has 0 aromatic heterocycles. The molecule has 1 nitrogen and oxygen atoms in total. The summed E-state index contributed by atoms with van der Waals surface area (Å²) in [7, 11) is 0. The van der Waals surface area contributed by atoms with Gasteiger partial charge in [-0.3, -0.25) is 4.99 Å². The topological polar surface area (TPSA) is 12.4 Å². The smallest absolute Gasteiger partial charge is 0.0388 e. The molecule has 0 aromatic carbocycles. The Balaban J connectivity index is 2.40. The SMILES string of the molecule is CCCCC1=NCCCCC1C. The Morgan fingerprint density at radius 2 is 2.25 bits per heavy atom. The van der Waals surface area contributed by atoms with Crippen molar-refractivity contribution >= 4 is 5.71 Å². The first kappa shape index (κ1) is 9.76. The Bertz CT molecular complexity index is 149. The van der Waals surface area contributed by atoms with Gasteiger partial charge in [0.25, 0.3) is 0 Å². The number of hydrogen-bond acceptors (Lipinski definition) is 1. The van der Waals surface area contributed by atoms with Crippen molar-refractivity contribution in [3.05, 3.63) is 0 Å². The van der Waals surface area contributed by atoms with E-state index in [0.29, 0.717) is 0 Å². The summed E-state index contributed by atoms with van der Waals surface area (Å²) in [6.45, 7) is 5.67. The molecule has 1 heteroatoms. The molecule has 1 rings (SSSR count). The molecule has 0 aliphatic carbocycles. The molecule has 1 aliphatic heterocycles. The number of hydrogen-bond donors (Lipinski definition) is 0. The number of rotatable bonds is 3. The maximum absolute atomic E-state index is 4.66. The summed E-state index contributed by atoms with van der Waals surface area (Å²) < 4.78 is 0. The monoisotopic (exact) mass is 167 g/mol. The minimum absolute atomic E-state index is 0.763. The van der Waals surface area contributed by atoms with Gasteiger partial charge in [-0.1, -0.05) is 26.7 Å². The van der Waals surface area contributed by atoms with E-state index in [9.17, 15) is 0 Å². The molecule has 1 unspecified atom stereocenters. The predicted octanol–water partition coefficient (Wildman–Crippen LogP) is 3.44. The molecule has 0 amide bonds.